The SMILES string of the molecule is CC1CCCN1CC(=O)Nc1cc(N)ccc1F. The molecule has 0 spiro atoms. The molecule has 1 unspecified atom stereocenters. The van der Waals surface area contributed by atoms with E-state index in [1.807, 2.05) is 0 Å². The molecule has 18 heavy (non-hydrogen) atoms. The monoisotopic (exact) mass is 251 g/mol. The van der Waals surface area contributed by atoms with Gasteiger partial charge in [-0.05, 0) is 44.5 Å². The Bertz CT molecular complexity index is 450. The Balaban J connectivity index is 1.96. The molecule has 4 nitrogen and oxygen atoms in total. The number of nitrogens with two attached hydrogens (primary N) is 1. The number of nitrogens with zero attached hydrogens (tertiary/aromatic N) is 1. The minimum Gasteiger partial charge on any atom is -0.399 e. The normalized spacial score (nSPS) is 20.0. The van der Waals surface area contributed by atoms with Crippen LogP contribution < -0.4 is 11.1 Å². The van der Waals surface area contributed by atoms with Gasteiger partial charge in [0, 0.05) is 11.7 Å². The second-order valence-corrected chi connectivity index (χ2v) is 4.75. The summed E-state index contributed by atoms with van der Waals surface area (Å²) in [5, 5.41) is 2.56. The summed E-state index contributed by atoms with van der Waals surface area (Å²) in [4.78, 5) is 13.9. The molecular weight excluding hydrogens is 233 g/mol. The van der Waals surface area contributed by atoms with Gasteiger partial charge in [-0.3, -0.25) is 9.69 Å². The van der Waals surface area contributed by atoms with E-state index in [0.717, 1.165) is 19.4 Å². The van der Waals surface area contributed by atoms with Crippen LogP contribution in [0.15, 0.2) is 18.2 Å². The van der Waals surface area contributed by atoms with E-state index in [9.17, 15) is 9.18 Å². The number of nitrogens with one attached hydrogen (secondary N) is 1. The molecule has 98 valence electrons. The first kappa shape index (κ1) is 12.8. The van der Waals surface area contributed by atoms with Crippen LogP contribution >= 0.6 is 0 Å². The van der Waals surface area contributed by atoms with Crippen LogP contribution in [0.25, 0.3) is 0 Å². The van der Waals surface area contributed by atoms with Crippen LogP contribution in [0.3, 0.4) is 0 Å². The van der Waals surface area contributed by atoms with Crippen LogP contribution in [0.5, 0.6) is 0 Å². The molecule has 1 aromatic rings. The van der Waals surface area contributed by atoms with E-state index in [4.69, 9.17) is 5.73 Å². The summed E-state index contributed by atoms with van der Waals surface area (Å²) in [6.07, 6.45) is 2.22. The predicted octanol–water partition coefficient (Wildman–Crippen LogP) is 1.83. The third-order valence-corrected chi connectivity index (χ3v) is 3.30. The first-order chi connectivity index (χ1) is 8.56. The molecule has 1 amide bonds. The third-order valence-electron chi connectivity index (χ3n) is 3.30. The number of hydrogen-bond donors (Lipinski definition) is 2. The zero-order valence-corrected chi connectivity index (χ0v) is 10.4. The zero-order chi connectivity index (χ0) is 13.1. The van der Waals surface area contributed by atoms with Gasteiger partial charge in [0.2, 0.25) is 5.91 Å². The molecule has 1 heterocycles. The number of benzene rings is 1. The van der Waals surface area contributed by atoms with Crippen molar-refractivity contribution < 1.29 is 9.18 Å². The number of nitrogen functional groups attached to an aromatic ring is 1. The molecular formula is C13H18FN3O. The lowest BCUT2D eigenvalue weighted by Crippen LogP contribution is -2.35. The summed E-state index contributed by atoms with van der Waals surface area (Å²) in [6.45, 7) is 3.32. The lowest BCUT2D eigenvalue weighted by molar-refractivity contribution is -0.117. The fourth-order valence-electron chi connectivity index (χ4n) is 2.24. The molecule has 0 bridgehead atoms. The molecule has 1 saturated heterocycles. The van der Waals surface area contributed by atoms with Gasteiger partial charge >= 0.3 is 0 Å². The highest BCUT2D eigenvalue weighted by Crippen LogP contribution is 2.19. The number of carbonyl (C=O) groups excluding carboxylic acids is 1. The largest absolute Gasteiger partial charge is 0.399 e. The van der Waals surface area contributed by atoms with Gasteiger partial charge in [-0.15, -0.1) is 0 Å². The van der Waals surface area contributed by atoms with E-state index >= 15 is 0 Å². The van der Waals surface area contributed by atoms with Gasteiger partial charge in [-0.2, -0.15) is 0 Å². The summed E-state index contributed by atoms with van der Waals surface area (Å²) in [7, 11) is 0. The fraction of sp³-hybridized carbons (Fsp3) is 0.462. The van der Waals surface area contributed by atoms with Crippen LogP contribution in [-0.4, -0.2) is 29.9 Å². The van der Waals surface area contributed by atoms with E-state index < -0.39 is 5.82 Å². The lowest BCUT2D eigenvalue weighted by Gasteiger charge is -2.20. The van der Waals surface area contributed by atoms with E-state index in [2.05, 4.69) is 17.1 Å². The van der Waals surface area contributed by atoms with Crippen LogP contribution in [0.1, 0.15) is 19.8 Å². The number of rotatable bonds is 3. The minimum atomic E-state index is -0.466. The molecule has 1 aliphatic rings. The highest BCUT2D eigenvalue weighted by molar-refractivity contribution is 5.92. The number of likely N-dealkylation sites (tertiary alicyclic amines) is 1. The molecule has 1 aliphatic heterocycles. The minimum absolute atomic E-state index is 0.145. The Hall–Kier alpha value is -1.62. The topological polar surface area (TPSA) is 58.4 Å². The maximum absolute atomic E-state index is 13.4. The Morgan fingerprint density at radius 3 is 3.06 bits per heavy atom. The van der Waals surface area contributed by atoms with E-state index in [0.29, 0.717) is 18.3 Å². The van der Waals surface area contributed by atoms with Gasteiger partial charge in [0.15, 0.2) is 0 Å². The van der Waals surface area contributed by atoms with Crippen molar-refractivity contribution in [2.45, 2.75) is 25.8 Å². The van der Waals surface area contributed by atoms with Crippen molar-refractivity contribution >= 4 is 17.3 Å². The highest BCUT2D eigenvalue weighted by Gasteiger charge is 2.22. The average molecular weight is 251 g/mol. The summed E-state index contributed by atoms with van der Waals surface area (Å²) >= 11 is 0. The van der Waals surface area contributed by atoms with E-state index in [-0.39, 0.29) is 11.6 Å². The molecule has 1 atom stereocenters. The molecule has 5 heteroatoms. The van der Waals surface area contributed by atoms with Gasteiger partial charge < -0.3 is 11.1 Å². The second-order valence-electron chi connectivity index (χ2n) is 4.75. The number of halogens is 1. The molecule has 0 aliphatic carbocycles. The second kappa shape index (κ2) is 5.35. The van der Waals surface area contributed by atoms with Crippen molar-refractivity contribution in [2.24, 2.45) is 0 Å². The Morgan fingerprint density at radius 2 is 2.39 bits per heavy atom. The van der Waals surface area contributed by atoms with Gasteiger partial charge in [-0.1, -0.05) is 0 Å². The molecule has 1 aromatic carbocycles. The lowest BCUT2D eigenvalue weighted by atomic mass is 10.2. The molecule has 1 fully saturated rings. The first-order valence-corrected chi connectivity index (χ1v) is 6.15. The highest BCUT2D eigenvalue weighted by atomic mass is 19.1. The van der Waals surface area contributed by atoms with Crippen LogP contribution in [-0.2, 0) is 4.79 Å². The standard InChI is InChI=1S/C13H18FN3O/c1-9-3-2-6-17(9)8-13(18)16-12-7-10(15)4-5-11(12)14/h4-5,7,9H,2-3,6,8,15H2,1H3,(H,16,18). The van der Waals surface area contributed by atoms with Gasteiger partial charge in [0.25, 0.3) is 0 Å². The smallest absolute Gasteiger partial charge is 0.238 e. The Labute approximate surface area is 106 Å². The van der Waals surface area contributed by atoms with E-state index in [1.54, 1.807) is 0 Å². The number of amides is 1. The summed E-state index contributed by atoms with van der Waals surface area (Å²) in [5.41, 5.74) is 6.14. The van der Waals surface area contributed by atoms with Gasteiger partial charge in [0.05, 0.1) is 12.2 Å². The van der Waals surface area contributed by atoms with Gasteiger partial charge in [0.1, 0.15) is 5.82 Å². The van der Waals surface area contributed by atoms with Crippen molar-refractivity contribution in [3.8, 4) is 0 Å². The molecule has 3 N–H and O–H groups in total. The van der Waals surface area contributed by atoms with Crippen molar-refractivity contribution in [1.29, 1.82) is 0 Å². The van der Waals surface area contributed by atoms with Crippen LogP contribution in [0.4, 0.5) is 15.8 Å². The Kier molecular flexibility index (Phi) is 3.81. The number of carbonyl (C=O) groups is 1. The van der Waals surface area contributed by atoms with Crippen molar-refractivity contribution in [3.63, 3.8) is 0 Å². The maximum Gasteiger partial charge on any atom is 0.238 e. The quantitative estimate of drug-likeness (QED) is 0.806. The van der Waals surface area contributed by atoms with Crippen LogP contribution in [0.2, 0.25) is 0 Å². The first-order valence-electron chi connectivity index (χ1n) is 6.15. The predicted molar refractivity (Wildman–Crippen MR) is 69.7 cm³/mol. The molecule has 0 radical (unpaired) electrons. The summed E-state index contributed by atoms with van der Waals surface area (Å²) in [5.74, 6) is -0.666. The van der Waals surface area contributed by atoms with Crippen molar-refractivity contribution in [3.05, 3.63) is 24.0 Å². The van der Waals surface area contributed by atoms with Crippen molar-refractivity contribution in [2.75, 3.05) is 24.1 Å². The van der Waals surface area contributed by atoms with Crippen LogP contribution in [0, 0.1) is 5.82 Å². The summed E-state index contributed by atoms with van der Waals surface area (Å²) < 4.78 is 13.4. The average Bonchev–Trinajstić information content (AvgIpc) is 2.70. The number of hydrogen-bond acceptors (Lipinski definition) is 3. The maximum atomic E-state index is 13.4. The summed E-state index contributed by atoms with van der Waals surface area (Å²) in [6, 6.07) is 4.57. The zero-order valence-electron chi connectivity index (χ0n) is 10.4. The Morgan fingerprint density at radius 1 is 1.61 bits per heavy atom. The fourth-order valence-corrected chi connectivity index (χ4v) is 2.24. The third kappa shape index (κ3) is 2.98. The van der Waals surface area contributed by atoms with Crippen molar-refractivity contribution in [1.82, 2.24) is 4.90 Å². The molecule has 0 saturated carbocycles. The van der Waals surface area contributed by atoms with E-state index in [1.165, 1.54) is 18.2 Å². The van der Waals surface area contributed by atoms with Gasteiger partial charge in [-0.25, -0.2) is 4.39 Å². The molecule has 0 aromatic heterocycles. The molecule has 2 rings (SSSR count). The number of anilines is 2.